The zero-order valence-corrected chi connectivity index (χ0v) is 17.5. The quantitative estimate of drug-likeness (QED) is 0.804. The highest BCUT2D eigenvalue weighted by atomic mass is 16.5. The Labute approximate surface area is 173 Å². The standard InChI is InChI=1S/C24H30N2O3/c1-24(2,3)18-11-13-19(14-12-18)29-17-22(27)25-21-10-6-5-9-20(21)23(28)26-15-7-4-8-16-26/h5-6,9-14H,4,7-8,15-17H2,1-3H3,(H,25,27). The second-order valence-electron chi connectivity index (χ2n) is 8.51. The van der Waals surface area contributed by atoms with Gasteiger partial charge in [0.25, 0.3) is 11.8 Å². The minimum Gasteiger partial charge on any atom is -0.484 e. The molecule has 0 atom stereocenters. The number of piperidine rings is 1. The highest BCUT2D eigenvalue weighted by Gasteiger charge is 2.21. The number of nitrogens with zero attached hydrogens (tertiary/aromatic N) is 1. The zero-order valence-electron chi connectivity index (χ0n) is 17.5. The average molecular weight is 395 g/mol. The number of ether oxygens (including phenoxy) is 1. The lowest BCUT2D eigenvalue weighted by Gasteiger charge is -2.27. The fourth-order valence-electron chi connectivity index (χ4n) is 3.43. The molecule has 0 spiro atoms. The summed E-state index contributed by atoms with van der Waals surface area (Å²) < 4.78 is 5.62. The van der Waals surface area contributed by atoms with Crippen LogP contribution in [0.4, 0.5) is 5.69 Å². The fraction of sp³-hybridized carbons (Fsp3) is 0.417. The molecule has 29 heavy (non-hydrogen) atoms. The molecule has 2 amide bonds. The summed E-state index contributed by atoms with van der Waals surface area (Å²) >= 11 is 0. The van der Waals surface area contributed by atoms with Crippen molar-refractivity contribution in [3.63, 3.8) is 0 Å². The van der Waals surface area contributed by atoms with Crippen molar-refractivity contribution in [1.82, 2.24) is 4.90 Å². The van der Waals surface area contributed by atoms with Crippen LogP contribution in [0.5, 0.6) is 5.75 Å². The first-order valence-electron chi connectivity index (χ1n) is 10.3. The van der Waals surface area contributed by atoms with E-state index in [-0.39, 0.29) is 23.8 Å². The van der Waals surface area contributed by atoms with Crippen molar-refractivity contribution in [1.29, 1.82) is 0 Å². The lowest BCUT2D eigenvalue weighted by Crippen LogP contribution is -2.36. The molecule has 2 aromatic rings. The van der Waals surface area contributed by atoms with E-state index in [2.05, 4.69) is 26.1 Å². The lowest BCUT2D eigenvalue weighted by molar-refractivity contribution is -0.118. The maximum atomic E-state index is 12.8. The van der Waals surface area contributed by atoms with Crippen LogP contribution in [0.2, 0.25) is 0 Å². The van der Waals surface area contributed by atoms with Crippen LogP contribution >= 0.6 is 0 Å². The summed E-state index contributed by atoms with van der Waals surface area (Å²) in [5.41, 5.74) is 2.33. The Morgan fingerprint density at radius 2 is 1.62 bits per heavy atom. The van der Waals surface area contributed by atoms with Gasteiger partial charge in [-0.25, -0.2) is 0 Å². The maximum absolute atomic E-state index is 12.8. The van der Waals surface area contributed by atoms with Crippen molar-refractivity contribution in [2.75, 3.05) is 25.0 Å². The summed E-state index contributed by atoms with van der Waals surface area (Å²) in [5.74, 6) is 0.328. The Bertz CT molecular complexity index is 847. The first-order chi connectivity index (χ1) is 13.8. The van der Waals surface area contributed by atoms with Gasteiger partial charge in [-0.15, -0.1) is 0 Å². The van der Waals surface area contributed by atoms with Crippen LogP contribution in [0, 0.1) is 0 Å². The van der Waals surface area contributed by atoms with Crippen LogP contribution in [0.15, 0.2) is 48.5 Å². The molecule has 0 radical (unpaired) electrons. The summed E-state index contributed by atoms with van der Waals surface area (Å²) in [6.07, 6.45) is 3.22. The Hall–Kier alpha value is -2.82. The number of para-hydroxylation sites is 1. The molecular weight excluding hydrogens is 364 g/mol. The molecule has 1 heterocycles. The fourth-order valence-corrected chi connectivity index (χ4v) is 3.43. The van der Waals surface area contributed by atoms with E-state index in [1.165, 1.54) is 5.56 Å². The number of carbonyl (C=O) groups excluding carboxylic acids is 2. The monoisotopic (exact) mass is 394 g/mol. The van der Waals surface area contributed by atoms with E-state index in [1.54, 1.807) is 12.1 Å². The van der Waals surface area contributed by atoms with Gasteiger partial charge < -0.3 is 15.0 Å². The van der Waals surface area contributed by atoms with Gasteiger partial charge in [0.1, 0.15) is 5.75 Å². The molecule has 2 aromatic carbocycles. The normalized spacial score (nSPS) is 14.4. The topological polar surface area (TPSA) is 58.6 Å². The molecule has 0 aromatic heterocycles. The summed E-state index contributed by atoms with van der Waals surface area (Å²) in [6, 6.07) is 14.9. The van der Waals surface area contributed by atoms with Crippen molar-refractivity contribution < 1.29 is 14.3 Å². The number of carbonyl (C=O) groups is 2. The highest BCUT2D eigenvalue weighted by molar-refractivity contribution is 6.04. The molecule has 3 rings (SSSR count). The van der Waals surface area contributed by atoms with E-state index in [0.29, 0.717) is 17.0 Å². The molecular formula is C24H30N2O3. The van der Waals surface area contributed by atoms with Gasteiger partial charge in [-0.05, 0) is 54.5 Å². The van der Waals surface area contributed by atoms with Gasteiger partial charge in [-0.3, -0.25) is 9.59 Å². The number of hydrogen-bond acceptors (Lipinski definition) is 3. The molecule has 0 unspecified atom stereocenters. The summed E-state index contributed by atoms with van der Waals surface area (Å²) in [6.45, 7) is 7.89. The Morgan fingerprint density at radius 3 is 2.28 bits per heavy atom. The van der Waals surface area contributed by atoms with Crippen molar-refractivity contribution in [3.05, 3.63) is 59.7 Å². The largest absolute Gasteiger partial charge is 0.484 e. The minimum absolute atomic E-state index is 0.0284. The molecule has 0 aliphatic carbocycles. The minimum atomic E-state index is -0.288. The number of rotatable bonds is 5. The smallest absolute Gasteiger partial charge is 0.262 e. The van der Waals surface area contributed by atoms with E-state index in [1.807, 2.05) is 41.3 Å². The van der Waals surface area contributed by atoms with Crippen molar-refractivity contribution in [3.8, 4) is 5.75 Å². The molecule has 5 heteroatoms. The van der Waals surface area contributed by atoms with E-state index in [9.17, 15) is 9.59 Å². The molecule has 1 saturated heterocycles. The van der Waals surface area contributed by atoms with E-state index in [0.717, 1.165) is 32.4 Å². The SMILES string of the molecule is CC(C)(C)c1ccc(OCC(=O)Nc2ccccc2C(=O)N2CCCCC2)cc1. The molecule has 1 aliphatic rings. The van der Waals surface area contributed by atoms with E-state index < -0.39 is 0 Å². The summed E-state index contributed by atoms with van der Waals surface area (Å²) in [7, 11) is 0. The predicted octanol–water partition coefficient (Wildman–Crippen LogP) is 4.63. The number of amides is 2. The number of hydrogen-bond donors (Lipinski definition) is 1. The number of nitrogens with one attached hydrogen (secondary N) is 1. The van der Waals surface area contributed by atoms with E-state index >= 15 is 0 Å². The van der Waals surface area contributed by atoms with Gasteiger partial charge in [0.15, 0.2) is 6.61 Å². The molecule has 0 bridgehead atoms. The lowest BCUT2D eigenvalue weighted by atomic mass is 9.87. The molecule has 5 nitrogen and oxygen atoms in total. The van der Waals surface area contributed by atoms with Gasteiger partial charge in [-0.2, -0.15) is 0 Å². The van der Waals surface area contributed by atoms with Crippen LogP contribution in [0.1, 0.15) is 56.0 Å². The van der Waals surface area contributed by atoms with Crippen molar-refractivity contribution in [2.24, 2.45) is 0 Å². The summed E-state index contributed by atoms with van der Waals surface area (Å²) in [5, 5.41) is 2.82. The van der Waals surface area contributed by atoms with Crippen LogP contribution in [0.3, 0.4) is 0 Å². The first kappa shape index (κ1) is 20.9. The Kier molecular flexibility index (Phi) is 6.57. The summed E-state index contributed by atoms with van der Waals surface area (Å²) in [4.78, 5) is 27.1. The van der Waals surface area contributed by atoms with Gasteiger partial charge in [0.2, 0.25) is 0 Å². The average Bonchev–Trinajstić information content (AvgIpc) is 2.72. The molecule has 0 saturated carbocycles. The third kappa shape index (κ3) is 5.59. The van der Waals surface area contributed by atoms with Crippen molar-refractivity contribution in [2.45, 2.75) is 45.4 Å². The first-order valence-corrected chi connectivity index (χ1v) is 10.3. The van der Waals surface area contributed by atoms with Crippen LogP contribution < -0.4 is 10.1 Å². The second-order valence-corrected chi connectivity index (χ2v) is 8.51. The number of anilines is 1. The Morgan fingerprint density at radius 1 is 0.966 bits per heavy atom. The maximum Gasteiger partial charge on any atom is 0.262 e. The molecule has 1 N–H and O–H groups in total. The third-order valence-electron chi connectivity index (χ3n) is 5.17. The number of benzene rings is 2. The van der Waals surface area contributed by atoms with E-state index in [4.69, 9.17) is 4.74 Å². The van der Waals surface area contributed by atoms with Gasteiger partial charge in [-0.1, -0.05) is 45.0 Å². The molecule has 1 aliphatic heterocycles. The zero-order chi connectivity index (χ0) is 20.9. The van der Waals surface area contributed by atoms with Gasteiger partial charge in [0, 0.05) is 13.1 Å². The van der Waals surface area contributed by atoms with Crippen LogP contribution in [-0.4, -0.2) is 36.4 Å². The number of likely N-dealkylation sites (tertiary alicyclic amines) is 1. The van der Waals surface area contributed by atoms with Crippen LogP contribution in [0.25, 0.3) is 0 Å². The second kappa shape index (κ2) is 9.12. The molecule has 1 fully saturated rings. The highest BCUT2D eigenvalue weighted by Crippen LogP contribution is 2.24. The third-order valence-corrected chi connectivity index (χ3v) is 5.17. The molecule has 154 valence electrons. The van der Waals surface area contributed by atoms with Gasteiger partial charge >= 0.3 is 0 Å². The van der Waals surface area contributed by atoms with Gasteiger partial charge in [0.05, 0.1) is 11.3 Å². The Balaban J connectivity index is 1.60. The van der Waals surface area contributed by atoms with Crippen molar-refractivity contribution >= 4 is 17.5 Å². The van der Waals surface area contributed by atoms with Crippen LogP contribution in [-0.2, 0) is 10.2 Å². The predicted molar refractivity (Wildman–Crippen MR) is 115 cm³/mol.